The van der Waals surface area contributed by atoms with E-state index >= 15 is 0 Å². The molecule has 1 atom stereocenters. The topological polar surface area (TPSA) is 86.8 Å². The summed E-state index contributed by atoms with van der Waals surface area (Å²) >= 11 is 3.47. The van der Waals surface area contributed by atoms with E-state index in [-0.39, 0.29) is 23.8 Å². The Labute approximate surface area is 275 Å². The Hall–Kier alpha value is -3.95. The molecular formula is C36H40BrN3O4S. The van der Waals surface area contributed by atoms with Gasteiger partial charge in [-0.1, -0.05) is 89.1 Å². The van der Waals surface area contributed by atoms with Gasteiger partial charge in [-0.3, -0.25) is 13.9 Å². The molecule has 0 aliphatic heterocycles. The Morgan fingerprint density at radius 1 is 0.822 bits per heavy atom. The summed E-state index contributed by atoms with van der Waals surface area (Å²) in [5.41, 5.74) is 4.91. The number of halogens is 1. The minimum atomic E-state index is -4.15. The lowest BCUT2D eigenvalue weighted by atomic mass is 10.0. The van der Waals surface area contributed by atoms with Gasteiger partial charge in [0.1, 0.15) is 12.6 Å². The van der Waals surface area contributed by atoms with Crippen LogP contribution >= 0.6 is 15.9 Å². The Morgan fingerprint density at radius 2 is 1.49 bits per heavy atom. The molecular weight excluding hydrogens is 650 g/mol. The first kappa shape index (κ1) is 33.9. The first-order valence-electron chi connectivity index (χ1n) is 15.0. The van der Waals surface area contributed by atoms with Gasteiger partial charge in [0.25, 0.3) is 10.0 Å². The van der Waals surface area contributed by atoms with Crippen LogP contribution in [0.25, 0.3) is 0 Å². The molecule has 236 valence electrons. The minimum absolute atomic E-state index is 0.0834. The van der Waals surface area contributed by atoms with Crippen molar-refractivity contribution < 1.29 is 18.0 Å². The number of anilines is 1. The monoisotopic (exact) mass is 689 g/mol. The van der Waals surface area contributed by atoms with Crippen molar-refractivity contribution in [3.63, 3.8) is 0 Å². The number of benzene rings is 4. The number of amides is 2. The first-order chi connectivity index (χ1) is 21.5. The van der Waals surface area contributed by atoms with Crippen molar-refractivity contribution in [2.45, 2.75) is 58.0 Å². The largest absolute Gasteiger partial charge is 0.354 e. The van der Waals surface area contributed by atoms with Gasteiger partial charge in [-0.05, 0) is 85.8 Å². The van der Waals surface area contributed by atoms with Crippen LogP contribution in [0, 0.1) is 20.8 Å². The third-order valence-corrected chi connectivity index (χ3v) is 10.1. The number of nitrogens with one attached hydrogen (secondary N) is 1. The maximum Gasteiger partial charge on any atom is 0.264 e. The third kappa shape index (κ3) is 8.83. The van der Waals surface area contributed by atoms with Crippen LogP contribution in [-0.4, -0.2) is 44.3 Å². The van der Waals surface area contributed by atoms with Crippen molar-refractivity contribution in [3.8, 4) is 0 Å². The molecule has 1 N–H and O–H groups in total. The van der Waals surface area contributed by atoms with E-state index in [2.05, 4.69) is 21.2 Å². The summed E-state index contributed by atoms with van der Waals surface area (Å²) in [6.45, 7) is 7.81. The maximum absolute atomic E-state index is 14.5. The second-order valence-electron chi connectivity index (χ2n) is 11.2. The smallest absolute Gasteiger partial charge is 0.264 e. The summed E-state index contributed by atoms with van der Waals surface area (Å²) in [5, 5.41) is 2.97. The average molecular weight is 691 g/mol. The van der Waals surface area contributed by atoms with Crippen LogP contribution in [-0.2, 0) is 32.6 Å². The zero-order valence-electron chi connectivity index (χ0n) is 26.2. The number of nitrogens with zero attached hydrogens (tertiary/aromatic N) is 2. The molecule has 0 saturated carbocycles. The highest BCUT2D eigenvalue weighted by Crippen LogP contribution is 2.27. The molecule has 0 heterocycles. The van der Waals surface area contributed by atoms with E-state index in [1.165, 1.54) is 4.90 Å². The molecule has 2 amide bonds. The third-order valence-electron chi connectivity index (χ3n) is 7.75. The van der Waals surface area contributed by atoms with Gasteiger partial charge < -0.3 is 10.2 Å². The number of carbonyl (C=O) groups is 2. The number of hydrogen-bond donors (Lipinski definition) is 1. The van der Waals surface area contributed by atoms with Crippen LogP contribution < -0.4 is 9.62 Å². The lowest BCUT2D eigenvalue weighted by molar-refractivity contribution is -0.140. The second-order valence-corrected chi connectivity index (χ2v) is 14.0. The van der Waals surface area contributed by atoms with Crippen molar-refractivity contribution in [1.82, 2.24) is 10.2 Å². The van der Waals surface area contributed by atoms with E-state index in [4.69, 9.17) is 0 Å². The Bertz CT molecular complexity index is 1710. The zero-order valence-corrected chi connectivity index (χ0v) is 28.6. The predicted molar refractivity (Wildman–Crippen MR) is 184 cm³/mol. The summed E-state index contributed by atoms with van der Waals surface area (Å²) in [6.07, 6.45) is 1.01. The molecule has 0 aliphatic carbocycles. The van der Waals surface area contributed by atoms with Gasteiger partial charge in [0.15, 0.2) is 0 Å². The lowest BCUT2D eigenvalue weighted by Gasteiger charge is -2.34. The number of rotatable bonds is 13. The molecule has 0 unspecified atom stereocenters. The van der Waals surface area contributed by atoms with Crippen molar-refractivity contribution in [2.75, 3.05) is 17.4 Å². The SMILES string of the molecule is CCCNC(=O)[C@@H](Cc1ccccc1)N(Cc1ccc(Br)cc1)C(=O)CN(c1ccc(C)c(C)c1)S(=O)(=O)c1ccc(C)cc1. The van der Waals surface area contributed by atoms with Gasteiger partial charge in [-0.25, -0.2) is 8.42 Å². The number of carbonyl (C=O) groups excluding carboxylic acids is 2. The highest BCUT2D eigenvalue weighted by molar-refractivity contribution is 9.10. The van der Waals surface area contributed by atoms with Crippen LogP contribution in [0.3, 0.4) is 0 Å². The quantitative estimate of drug-likeness (QED) is 0.169. The molecule has 0 radical (unpaired) electrons. The Kier molecular flexibility index (Phi) is 11.6. The van der Waals surface area contributed by atoms with E-state index in [0.717, 1.165) is 43.0 Å². The molecule has 7 nitrogen and oxygen atoms in total. The number of hydrogen-bond acceptors (Lipinski definition) is 4. The predicted octanol–water partition coefficient (Wildman–Crippen LogP) is 6.74. The second kappa shape index (κ2) is 15.4. The molecule has 0 spiro atoms. The highest BCUT2D eigenvalue weighted by atomic mass is 79.9. The molecule has 0 fully saturated rings. The van der Waals surface area contributed by atoms with Crippen LogP contribution in [0.1, 0.15) is 41.2 Å². The van der Waals surface area contributed by atoms with Crippen molar-refractivity contribution in [1.29, 1.82) is 0 Å². The average Bonchev–Trinajstić information content (AvgIpc) is 3.03. The van der Waals surface area contributed by atoms with E-state index in [1.54, 1.807) is 36.4 Å². The summed E-state index contributed by atoms with van der Waals surface area (Å²) in [6, 6.07) is 28.1. The van der Waals surface area contributed by atoms with E-state index in [9.17, 15) is 18.0 Å². The molecule has 9 heteroatoms. The van der Waals surface area contributed by atoms with Gasteiger partial charge in [0, 0.05) is 24.0 Å². The highest BCUT2D eigenvalue weighted by Gasteiger charge is 2.34. The van der Waals surface area contributed by atoms with Crippen LogP contribution in [0.2, 0.25) is 0 Å². The fourth-order valence-corrected chi connectivity index (χ4v) is 6.62. The lowest BCUT2D eigenvalue weighted by Crippen LogP contribution is -2.53. The molecule has 0 bridgehead atoms. The molecule has 0 aromatic heterocycles. The molecule has 4 aromatic carbocycles. The van der Waals surface area contributed by atoms with Gasteiger partial charge >= 0.3 is 0 Å². The molecule has 0 aliphatic rings. The zero-order chi connectivity index (χ0) is 32.6. The van der Waals surface area contributed by atoms with Crippen molar-refractivity contribution in [2.24, 2.45) is 0 Å². The summed E-state index contributed by atoms with van der Waals surface area (Å²) in [7, 11) is -4.15. The Balaban J connectivity index is 1.81. The molecule has 4 aromatic rings. The standard InChI is InChI=1S/C36H40BrN3O4S/c1-5-21-38-36(42)34(23-29-9-7-6-8-10-29)39(24-30-14-16-31(37)17-15-30)35(41)25-40(32-18-13-27(3)28(4)22-32)45(43,44)33-19-11-26(2)12-20-33/h6-20,22,34H,5,21,23-25H2,1-4H3,(H,38,42)/t34-/m1/s1. The van der Waals surface area contributed by atoms with Gasteiger partial charge in [-0.15, -0.1) is 0 Å². The van der Waals surface area contributed by atoms with Crippen LogP contribution in [0.4, 0.5) is 5.69 Å². The number of sulfonamides is 1. The van der Waals surface area contributed by atoms with E-state index in [1.807, 2.05) is 88.4 Å². The van der Waals surface area contributed by atoms with Crippen molar-refractivity contribution >= 4 is 43.5 Å². The maximum atomic E-state index is 14.5. The summed E-state index contributed by atoms with van der Waals surface area (Å²) in [5.74, 6) is -0.773. The fraction of sp³-hybridized carbons (Fsp3) is 0.278. The summed E-state index contributed by atoms with van der Waals surface area (Å²) < 4.78 is 30.4. The molecule has 4 rings (SSSR count). The normalized spacial score (nSPS) is 11.9. The molecule has 45 heavy (non-hydrogen) atoms. The van der Waals surface area contributed by atoms with Gasteiger partial charge in [0.2, 0.25) is 11.8 Å². The van der Waals surface area contributed by atoms with Gasteiger partial charge in [-0.2, -0.15) is 0 Å². The van der Waals surface area contributed by atoms with E-state index < -0.39 is 28.5 Å². The first-order valence-corrected chi connectivity index (χ1v) is 17.2. The van der Waals surface area contributed by atoms with E-state index in [0.29, 0.717) is 12.2 Å². The van der Waals surface area contributed by atoms with Crippen LogP contribution in [0.15, 0.2) is 106 Å². The minimum Gasteiger partial charge on any atom is -0.354 e. The van der Waals surface area contributed by atoms with Gasteiger partial charge in [0.05, 0.1) is 10.6 Å². The fourth-order valence-electron chi connectivity index (χ4n) is 4.95. The Morgan fingerprint density at radius 3 is 2.11 bits per heavy atom. The number of aryl methyl sites for hydroxylation is 3. The van der Waals surface area contributed by atoms with Crippen LogP contribution in [0.5, 0.6) is 0 Å². The molecule has 0 saturated heterocycles. The summed E-state index contributed by atoms with van der Waals surface area (Å²) in [4.78, 5) is 29.9. The van der Waals surface area contributed by atoms with Crippen molar-refractivity contribution in [3.05, 3.63) is 129 Å².